The summed E-state index contributed by atoms with van der Waals surface area (Å²) in [5, 5.41) is 12.7. The Hall–Kier alpha value is -2.34. The second kappa shape index (κ2) is 8.33. The van der Waals surface area contributed by atoms with Crippen LogP contribution in [-0.2, 0) is 6.54 Å². The summed E-state index contributed by atoms with van der Waals surface area (Å²) in [5.74, 6) is 1.05. The minimum atomic E-state index is -0.557. The van der Waals surface area contributed by atoms with Gasteiger partial charge in [0.25, 0.3) is 0 Å². The summed E-state index contributed by atoms with van der Waals surface area (Å²) >= 11 is 0. The standard InChI is InChI=1S/C17H23N3O3/c1-13(2)9-15(21)11-19-17(22)20(12-16-6-4-8-23-16)14-5-3-7-18-10-14/h3-8,10,13,15,21H,9,11-12H2,1-2H3,(H,19,22)/t15-/m0/s1. The van der Waals surface area contributed by atoms with Gasteiger partial charge in [0, 0.05) is 12.7 Å². The lowest BCUT2D eigenvalue weighted by Gasteiger charge is -2.23. The van der Waals surface area contributed by atoms with Crippen LogP contribution in [0.2, 0.25) is 0 Å². The molecule has 0 unspecified atom stereocenters. The molecule has 23 heavy (non-hydrogen) atoms. The molecule has 6 heteroatoms. The fourth-order valence-electron chi connectivity index (χ4n) is 2.28. The molecule has 2 aromatic rings. The fraction of sp³-hybridized carbons (Fsp3) is 0.412. The molecule has 0 saturated carbocycles. The maximum absolute atomic E-state index is 12.5. The Morgan fingerprint density at radius 2 is 2.22 bits per heavy atom. The summed E-state index contributed by atoms with van der Waals surface area (Å²) in [7, 11) is 0. The van der Waals surface area contributed by atoms with Crippen LogP contribution in [0.15, 0.2) is 47.3 Å². The zero-order valence-electron chi connectivity index (χ0n) is 13.5. The van der Waals surface area contributed by atoms with Gasteiger partial charge in [-0.25, -0.2) is 4.79 Å². The first kappa shape index (κ1) is 17.0. The van der Waals surface area contributed by atoms with E-state index in [0.29, 0.717) is 30.3 Å². The molecule has 2 aromatic heterocycles. The summed E-state index contributed by atoms with van der Waals surface area (Å²) in [6.45, 7) is 4.57. The lowest BCUT2D eigenvalue weighted by atomic mass is 10.1. The van der Waals surface area contributed by atoms with Gasteiger partial charge in [0.2, 0.25) is 0 Å². The maximum atomic E-state index is 12.5. The predicted molar refractivity (Wildman–Crippen MR) is 88.0 cm³/mol. The van der Waals surface area contributed by atoms with E-state index < -0.39 is 6.10 Å². The van der Waals surface area contributed by atoms with Crippen LogP contribution in [0, 0.1) is 5.92 Å². The summed E-state index contributed by atoms with van der Waals surface area (Å²) in [6, 6.07) is 6.87. The van der Waals surface area contributed by atoms with Crippen molar-refractivity contribution in [1.82, 2.24) is 10.3 Å². The van der Waals surface area contributed by atoms with E-state index in [1.807, 2.05) is 19.9 Å². The third-order valence-corrected chi connectivity index (χ3v) is 3.33. The second-order valence-corrected chi connectivity index (χ2v) is 5.85. The van der Waals surface area contributed by atoms with Crippen LogP contribution in [0.5, 0.6) is 0 Å². The van der Waals surface area contributed by atoms with Crippen LogP contribution in [0.1, 0.15) is 26.0 Å². The molecule has 0 spiro atoms. The number of urea groups is 1. The zero-order valence-corrected chi connectivity index (χ0v) is 13.5. The topological polar surface area (TPSA) is 78.6 Å². The molecule has 0 aliphatic carbocycles. The van der Waals surface area contributed by atoms with Gasteiger partial charge in [-0.15, -0.1) is 0 Å². The van der Waals surface area contributed by atoms with Crippen LogP contribution in [0.4, 0.5) is 10.5 Å². The van der Waals surface area contributed by atoms with Gasteiger partial charge in [0.15, 0.2) is 0 Å². The Morgan fingerprint density at radius 1 is 1.39 bits per heavy atom. The van der Waals surface area contributed by atoms with Gasteiger partial charge in [-0.1, -0.05) is 13.8 Å². The van der Waals surface area contributed by atoms with Crippen molar-refractivity contribution in [2.75, 3.05) is 11.4 Å². The normalized spacial score (nSPS) is 12.2. The molecule has 2 amide bonds. The van der Waals surface area contributed by atoms with Crippen molar-refractivity contribution in [3.8, 4) is 0 Å². The van der Waals surface area contributed by atoms with Crippen LogP contribution in [0.3, 0.4) is 0 Å². The van der Waals surface area contributed by atoms with Crippen molar-refractivity contribution in [3.63, 3.8) is 0 Å². The van der Waals surface area contributed by atoms with Gasteiger partial charge < -0.3 is 14.8 Å². The molecule has 0 radical (unpaired) electrons. The van der Waals surface area contributed by atoms with E-state index in [9.17, 15) is 9.90 Å². The van der Waals surface area contributed by atoms with Gasteiger partial charge in [0.1, 0.15) is 5.76 Å². The number of aliphatic hydroxyl groups excluding tert-OH is 1. The van der Waals surface area contributed by atoms with E-state index in [2.05, 4.69) is 10.3 Å². The third-order valence-electron chi connectivity index (χ3n) is 3.33. The van der Waals surface area contributed by atoms with Gasteiger partial charge in [-0.2, -0.15) is 0 Å². The maximum Gasteiger partial charge on any atom is 0.322 e. The number of hydrogen-bond donors (Lipinski definition) is 2. The highest BCUT2D eigenvalue weighted by molar-refractivity contribution is 5.91. The molecular weight excluding hydrogens is 294 g/mol. The quantitative estimate of drug-likeness (QED) is 0.823. The van der Waals surface area contributed by atoms with Crippen LogP contribution < -0.4 is 10.2 Å². The average Bonchev–Trinajstić information content (AvgIpc) is 3.03. The molecule has 0 saturated heterocycles. The second-order valence-electron chi connectivity index (χ2n) is 5.85. The molecule has 124 valence electrons. The van der Waals surface area contributed by atoms with E-state index in [1.165, 1.54) is 4.90 Å². The van der Waals surface area contributed by atoms with Gasteiger partial charge in [0.05, 0.1) is 30.8 Å². The van der Waals surface area contributed by atoms with Crippen molar-refractivity contribution in [2.45, 2.75) is 32.9 Å². The molecule has 0 aromatic carbocycles. The number of rotatable bonds is 7. The lowest BCUT2D eigenvalue weighted by molar-refractivity contribution is 0.147. The third kappa shape index (κ3) is 5.41. The van der Waals surface area contributed by atoms with Crippen LogP contribution >= 0.6 is 0 Å². The van der Waals surface area contributed by atoms with Crippen LogP contribution in [-0.4, -0.2) is 28.8 Å². The summed E-state index contributed by atoms with van der Waals surface area (Å²) in [6.07, 6.45) is 4.93. The number of anilines is 1. The number of amides is 2. The molecule has 0 aliphatic rings. The molecule has 2 N–H and O–H groups in total. The number of carbonyl (C=O) groups is 1. The molecule has 0 bridgehead atoms. The number of furan rings is 1. The molecule has 2 heterocycles. The zero-order chi connectivity index (χ0) is 16.7. The molecule has 1 atom stereocenters. The fourth-order valence-corrected chi connectivity index (χ4v) is 2.28. The lowest BCUT2D eigenvalue weighted by Crippen LogP contribution is -2.43. The first-order valence-electron chi connectivity index (χ1n) is 7.72. The van der Waals surface area contributed by atoms with E-state index in [1.54, 1.807) is 36.9 Å². The highest BCUT2D eigenvalue weighted by Gasteiger charge is 2.18. The van der Waals surface area contributed by atoms with E-state index in [4.69, 9.17) is 4.42 Å². The number of aliphatic hydroxyl groups is 1. The van der Waals surface area contributed by atoms with Gasteiger partial charge in [-0.3, -0.25) is 9.88 Å². The highest BCUT2D eigenvalue weighted by Crippen LogP contribution is 2.16. The van der Waals surface area contributed by atoms with Gasteiger partial charge >= 0.3 is 6.03 Å². The largest absolute Gasteiger partial charge is 0.467 e. The predicted octanol–water partition coefficient (Wildman–Crippen LogP) is 2.80. The van der Waals surface area contributed by atoms with Crippen molar-refractivity contribution in [3.05, 3.63) is 48.7 Å². The van der Waals surface area contributed by atoms with E-state index in [0.717, 1.165) is 0 Å². The Morgan fingerprint density at radius 3 is 2.83 bits per heavy atom. The van der Waals surface area contributed by atoms with Crippen LogP contribution in [0.25, 0.3) is 0 Å². The Bertz CT molecular complexity index is 584. The number of nitrogens with zero attached hydrogens (tertiary/aromatic N) is 2. The number of aromatic nitrogens is 1. The summed E-state index contributed by atoms with van der Waals surface area (Å²) in [4.78, 5) is 18.1. The average molecular weight is 317 g/mol. The monoisotopic (exact) mass is 317 g/mol. The number of hydrogen-bond acceptors (Lipinski definition) is 4. The summed E-state index contributed by atoms with van der Waals surface area (Å²) < 4.78 is 5.32. The first-order valence-corrected chi connectivity index (χ1v) is 7.72. The smallest absolute Gasteiger partial charge is 0.322 e. The van der Waals surface area contributed by atoms with Gasteiger partial charge in [-0.05, 0) is 36.6 Å². The Balaban J connectivity index is 2.03. The molecular formula is C17H23N3O3. The number of nitrogens with one attached hydrogen (secondary N) is 1. The minimum absolute atomic E-state index is 0.214. The molecule has 0 aliphatic heterocycles. The summed E-state index contributed by atoms with van der Waals surface area (Å²) in [5.41, 5.74) is 0.666. The highest BCUT2D eigenvalue weighted by atomic mass is 16.3. The van der Waals surface area contributed by atoms with Crippen molar-refractivity contribution < 1.29 is 14.3 Å². The SMILES string of the molecule is CC(C)C[C@H](O)CNC(=O)N(Cc1ccco1)c1cccnc1. The molecule has 6 nitrogen and oxygen atoms in total. The Labute approximate surface area is 136 Å². The first-order chi connectivity index (χ1) is 11.1. The van der Waals surface area contributed by atoms with Crippen molar-refractivity contribution >= 4 is 11.7 Å². The molecule has 0 fully saturated rings. The van der Waals surface area contributed by atoms with Crippen molar-refractivity contribution in [2.24, 2.45) is 5.92 Å². The minimum Gasteiger partial charge on any atom is -0.467 e. The van der Waals surface area contributed by atoms with E-state index >= 15 is 0 Å². The number of pyridine rings is 1. The van der Waals surface area contributed by atoms with E-state index in [-0.39, 0.29) is 12.6 Å². The molecule has 2 rings (SSSR count). The Kier molecular flexibility index (Phi) is 6.17. The van der Waals surface area contributed by atoms with Crippen molar-refractivity contribution in [1.29, 1.82) is 0 Å². The number of carbonyl (C=O) groups excluding carboxylic acids is 1.